The summed E-state index contributed by atoms with van der Waals surface area (Å²) in [6, 6.07) is 0. The summed E-state index contributed by atoms with van der Waals surface area (Å²) in [6.45, 7) is 0. The molecule has 0 atom stereocenters. The Morgan fingerprint density at radius 2 is 1.65 bits per heavy atom. The molecule has 0 aromatic carbocycles. The van der Waals surface area contributed by atoms with Crippen molar-refractivity contribution in [2.75, 3.05) is 11.5 Å². The highest BCUT2D eigenvalue weighted by Gasteiger charge is 1.95. The molecule has 1 heterocycles. The number of hydrogen-bond acceptors (Lipinski definition) is 4. The Hall–Kier alpha value is -0.220. The lowest BCUT2D eigenvalue weighted by Crippen LogP contribution is -1.85. The number of hydrogen-bond donors (Lipinski definition) is 1. The third-order valence-corrected chi connectivity index (χ3v) is 3.91. The Morgan fingerprint density at radius 3 is 2.29 bits per heavy atom. The third-order valence-electron chi connectivity index (χ3n) is 2.59. The number of thioether (sulfide) groups is 1. The fourth-order valence-electron chi connectivity index (χ4n) is 1.63. The van der Waals surface area contributed by atoms with E-state index in [1.165, 1.54) is 44.9 Å². The molecule has 4 heteroatoms. The fourth-order valence-corrected chi connectivity index (χ4v) is 2.69. The first-order valence-electron chi connectivity index (χ1n) is 6.43. The van der Waals surface area contributed by atoms with Gasteiger partial charge in [-0.25, -0.2) is 4.98 Å². The van der Waals surface area contributed by atoms with Crippen molar-refractivity contribution in [1.82, 2.24) is 9.97 Å². The van der Waals surface area contributed by atoms with Crippen molar-refractivity contribution in [1.29, 1.82) is 0 Å². The van der Waals surface area contributed by atoms with Crippen LogP contribution >= 0.6 is 24.4 Å². The van der Waals surface area contributed by atoms with Gasteiger partial charge in [0.15, 0.2) is 0 Å². The van der Waals surface area contributed by atoms with E-state index in [1.54, 1.807) is 12.4 Å². The summed E-state index contributed by atoms with van der Waals surface area (Å²) >= 11 is 6.02. The van der Waals surface area contributed by atoms with E-state index in [2.05, 4.69) is 22.6 Å². The van der Waals surface area contributed by atoms with Crippen molar-refractivity contribution in [3.8, 4) is 0 Å². The summed E-state index contributed by atoms with van der Waals surface area (Å²) in [5, 5.41) is 1.04. The van der Waals surface area contributed by atoms with E-state index in [0.717, 1.165) is 16.5 Å². The predicted molar refractivity (Wildman–Crippen MR) is 78.9 cm³/mol. The number of unbranched alkanes of at least 4 members (excludes halogenated alkanes) is 6. The van der Waals surface area contributed by atoms with Gasteiger partial charge in [-0.2, -0.15) is 12.6 Å². The third kappa shape index (κ3) is 8.50. The van der Waals surface area contributed by atoms with Crippen LogP contribution in [-0.2, 0) is 0 Å². The van der Waals surface area contributed by atoms with Gasteiger partial charge in [-0.1, -0.05) is 32.1 Å². The average molecular weight is 270 g/mol. The lowest BCUT2D eigenvalue weighted by atomic mass is 10.1. The second-order valence-electron chi connectivity index (χ2n) is 4.09. The van der Waals surface area contributed by atoms with Gasteiger partial charge in [-0.3, -0.25) is 4.98 Å². The minimum atomic E-state index is 1.04. The predicted octanol–water partition coefficient (Wildman–Crippen LogP) is 4.23. The van der Waals surface area contributed by atoms with E-state index < -0.39 is 0 Å². The number of aromatic nitrogens is 2. The topological polar surface area (TPSA) is 25.8 Å². The van der Waals surface area contributed by atoms with E-state index in [1.807, 2.05) is 18.0 Å². The minimum Gasteiger partial charge on any atom is -0.260 e. The molecular weight excluding hydrogens is 248 g/mol. The molecule has 0 bridgehead atoms. The van der Waals surface area contributed by atoms with Crippen LogP contribution in [-0.4, -0.2) is 21.5 Å². The molecule has 0 aliphatic heterocycles. The van der Waals surface area contributed by atoms with Gasteiger partial charge in [0.05, 0.1) is 6.20 Å². The van der Waals surface area contributed by atoms with Crippen LogP contribution in [0.5, 0.6) is 0 Å². The highest BCUT2D eigenvalue weighted by Crippen LogP contribution is 2.16. The minimum absolute atomic E-state index is 1.04. The molecule has 1 aromatic heterocycles. The van der Waals surface area contributed by atoms with Crippen LogP contribution in [0, 0.1) is 0 Å². The number of nitrogens with zero attached hydrogens (tertiary/aromatic N) is 2. The van der Waals surface area contributed by atoms with E-state index in [9.17, 15) is 0 Å². The first-order valence-corrected chi connectivity index (χ1v) is 8.05. The second-order valence-corrected chi connectivity index (χ2v) is 5.65. The van der Waals surface area contributed by atoms with E-state index in [0.29, 0.717) is 0 Å². The van der Waals surface area contributed by atoms with Crippen LogP contribution in [0.15, 0.2) is 23.6 Å². The highest BCUT2D eigenvalue weighted by atomic mass is 32.2. The van der Waals surface area contributed by atoms with Crippen LogP contribution < -0.4 is 0 Å². The molecule has 17 heavy (non-hydrogen) atoms. The maximum Gasteiger partial charge on any atom is 0.114 e. The Labute approximate surface area is 114 Å². The fraction of sp³-hybridized carbons (Fsp3) is 0.692. The van der Waals surface area contributed by atoms with Gasteiger partial charge < -0.3 is 0 Å². The summed E-state index contributed by atoms with van der Waals surface area (Å²) in [5.74, 6) is 2.20. The summed E-state index contributed by atoms with van der Waals surface area (Å²) in [5.41, 5.74) is 0. The molecule has 0 fully saturated rings. The number of rotatable bonds is 10. The molecule has 0 unspecified atom stereocenters. The van der Waals surface area contributed by atoms with Crippen molar-refractivity contribution in [3.63, 3.8) is 0 Å². The van der Waals surface area contributed by atoms with Crippen molar-refractivity contribution < 1.29 is 0 Å². The molecule has 0 aliphatic carbocycles. The van der Waals surface area contributed by atoms with Crippen LogP contribution in [0.4, 0.5) is 0 Å². The smallest absolute Gasteiger partial charge is 0.114 e. The van der Waals surface area contributed by atoms with Crippen LogP contribution in [0.2, 0.25) is 0 Å². The SMILES string of the molecule is SCCCCCCCCCSc1cnccn1. The second kappa shape index (κ2) is 10.9. The van der Waals surface area contributed by atoms with Gasteiger partial charge in [0, 0.05) is 12.4 Å². The molecule has 0 saturated carbocycles. The molecule has 0 N–H and O–H groups in total. The van der Waals surface area contributed by atoms with E-state index in [-0.39, 0.29) is 0 Å². The molecule has 0 radical (unpaired) electrons. The molecule has 1 aromatic rings. The molecule has 96 valence electrons. The highest BCUT2D eigenvalue weighted by molar-refractivity contribution is 7.99. The lowest BCUT2D eigenvalue weighted by Gasteiger charge is -2.01. The first kappa shape index (κ1) is 14.8. The zero-order valence-corrected chi connectivity index (χ0v) is 12.1. The molecule has 0 amide bonds. The maximum atomic E-state index is 4.24. The van der Waals surface area contributed by atoms with Crippen molar-refractivity contribution in [2.24, 2.45) is 0 Å². The van der Waals surface area contributed by atoms with Crippen LogP contribution in [0.1, 0.15) is 44.9 Å². The molecule has 0 saturated heterocycles. The van der Waals surface area contributed by atoms with Gasteiger partial charge in [0.25, 0.3) is 0 Å². The Bertz CT molecular complexity index is 267. The summed E-state index contributed by atoms with van der Waals surface area (Å²) in [7, 11) is 0. The largest absolute Gasteiger partial charge is 0.260 e. The Morgan fingerprint density at radius 1 is 0.941 bits per heavy atom. The molecular formula is C13H22N2S2. The van der Waals surface area contributed by atoms with Gasteiger partial charge in [0.1, 0.15) is 5.03 Å². The number of thiol groups is 1. The van der Waals surface area contributed by atoms with Gasteiger partial charge in [0.2, 0.25) is 0 Å². The maximum absolute atomic E-state index is 4.24. The van der Waals surface area contributed by atoms with Crippen LogP contribution in [0.3, 0.4) is 0 Å². The summed E-state index contributed by atoms with van der Waals surface area (Å²) < 4.78 is 0. The summed E-state index contributed by atoms with van der Waals surface area (Å²) in [6.07, 6.45) is 14.7. The van der Waals surface area contributed by atoms with Gasteiger partial charge >= 0.3 is 0 Å². The molecule has 0 aliphatic rings. The molecule has 1 rings (SSSR count). The van der Waals surface area contributed by atoms with Crippen molar-refractivity contribution in [2.45, 2.75) is 50.0 Å². The molecule has 2 nitrogen and oxygen atoms in total. The Kier molecular flexibility index (Phi) is 9.52. The van der Waals surface area contributed by atoms with Gasteiger partial charge in [-0.05, 0) is 24.3 Å². The van der Waals surface area contributed by atoms with E-state index >= 15 is 0 Å². The standard InChI is InChI=1S/C13H22N2S2/c16-10-6-4-2-1-3-5-7-11-17-13-12-14-8-9-15-13/h8-9,12,16H,1-7,10-11H2. The average Bonchev–Trinajstić information content (AvgIpc) is 2.38. The molecule has 0 spiro atoms. The normalized spacial score (nSPS) is 10.6. The zero-order valence-electron chi connectivity index (χ0n) is 10.3. The summed E-state index contributed by atoms with van der Waals surface area (Å²) in [4.78, 5) is 8.29. The Balaban J connectivity index is 1.85. The van der Waals surface area contributed by atoms with Gasteiger partial charge in [-0.15, -0.1) is 11.8 Å². The zero-order chi connectivity index (χ0) is 12.2. The lowest BCUT2D eigenvalue weighted by molar-refractivity contribution is 0.605. The quantitative estimate of drug-likeness (QED) is 0.391. The van der Waals surface area contributed by atoms with Crippen molar-refractivity contribution >= 4 is 24.4 Å². The van der Waals surface area contributed by atoms with Crippen LogP contribution in [0.25, 0.3) is 0 Å². The monoisotopic (exact) mass is 270 g/mol. The van der Waals surface area contributed by atoms with Crippen molar-refractivity contribution in [3.05, 3.63) is 18.6 Å². The van der Waals surface area contributed by atoms with E-state index in [4.69, 9.17) is 0 Å². The first-order chi connectivity index (χ1) is 8.43.